The monoisotopic (exact) mass is 1070 g/mol. The molecule has 5 fully saturated rings. The molecule has 5 aliphatic rings. The molecule has 1 atom stereocenters. The van der Waals surface area contributed by atoms with Gasteiger partial charge in [0.2, 0.25) is 17.7 Å². The first-order chi connectivity index (χ1) is 37.2. The number of nitrogens with one attached hydrogen (secondary N) is 2. The Morgan fingerprint density at radius 2 is 1.39 bits per heavy atom. The molecule has 0 radical (unpaired) electrons. The number of hydrogen-bond donors (Lipinski definition) is 2. The first-order valence-corrected chi connectivity index (χ1v) is 29.3. The van der Waals surface area contributed by atoms with Gasteiger partial charge in [-0.25, -0.2) is 18.2 Å². The normalized spacial score (nSPS) is 19.9. The standard InChI is InChI=1S/C58H73N9O9S/c1-4-31-75-45-8-6-9-46(34-45)76-52-36-51-50(62(2)58(72)63(51)3)35-49(52)61-77(73,74)47-10-5-7-43(33-47)57(71)67-29-21-42(22-30-67)56(70)66-27-17-40(18-28-66)32-39-15-23-64(24-16-39)38-41-19-25-65(26-20-41)53-13-11-44(37-59-53)48-12-14-54(68)60-55(48)69/h5-11,13,33-37,39-42,48,61H,4,12,14-32,38H2,1-3H3,(H,60,68,69). The van der Waals surface area contributed by atoms with Crippen molar-refractivity contribution >= 4 is 56.2 Å². The van der Waals surface area contributed by atoms with Crippen LogP contribution in [0.4, 0.5) is 11.5 Å². The van der Waals surface area contributed by atoms with Crippen molar-refractivity contribution in [1.29, 1.82) is 0 Å². The average molecular weight is 1070 g/mol. The summed E-state index contributed by atoms with van der Waals surface area (Å²) in [5.74, 6) is 3.16. The number of piperidine rings is 5. The number of amides is 4. The van der Waals surface area contributed by atoms with Gasteiger partial charge >= 0.3 is 5.69 Å². The number of aromatic nitrogens is 3. The van der Waals surface area contributed by atoms with Crippen molar-refractivity contribution in [2.24, 2.45) is 37.8 Å². The summed E-state index contributed by atoms with van der Waals surface area (Å²) in [6.45, 7) is 10.3. The number of hydrogen-bond acceptors (Lipinski definition) is 12. The van der Waals surface area contributed by atoms with E-state index < -0.39 is 10.0 Å². The Morgan fingerprint density at radius 1 is 0.727 bits per heavy atom. The van der Waals surface area contributed by atoms with Gasteiger partial charge in [0.1, 0.15) is 17.3 Å². The molecule has 0 bridgehead atoms. The topological polar surface area (TPSA) is 198 Å². The van der Waals surface area contributed by atoms with Gasteiger partial charge < -0.3 is 29.1 Å². The predicted octanol–water partition coefficient (Wildman–Crippen LogP) is 7.28. The number of nitrogens with zero attached hydrogens (tertiary/aromatic N) is 7. The van der Waals surface area contributed by atoms with Gasteiger partial charge in [-0.3, -0.25) is 38.4 Å². The largest absolute Gasteiger partial charge is 0.493 e. The Labute approximate surface area is 451 Å². The third-order valence-electron chi connectivity index (χ3n) is 16.8. The number of rotatable bonds is 16. The molecular weight excluding hydrogens is 999 g/mol. The van der Waals surface area contributed by atoms with Crippen LogP contribution < -0.4 is 30.1 Å². The lowest BCUT2D eigenvalue weighted by Gasteiger charge is -2.40. The van der Waals surface area contributed by atoms with E-state index in [0.717, 1.165) is 95.2 Å². The minimum Gasteiger partial charge on any atom is -0.493 e. The maximum Gasteiger partial charge on any atom is 0.328 e. The van der Waals surface area contributed by atoms with Gasteiger partial charge in [0.15, 0.2) is 5.75 Å². The van der Waals surface area contributed by atoms with Crippen LogP contribution in [-0.4, -0.2) is 126 Å². The van der Waals surface area contributed by atoms with Crippen LogP contribution in [0, 0.1) is 23.7 Å². The predicted molar refractivity (Wildman–Crippen MR) is 294 cm³/mol. The SMILES string of the molecule is CCCOc1cccc(Oc2cc3c(cc2NS(=O)(=O)c2cccc(C(=O)N4CCC(C(=O)N5CCC(CC6CCN(CC7CCN(c8ccc(C9CCC(=O)NC9=O)cn8)CC7)CC6)CC5)CC4)c2)n(C)c(=O)n3C)c1. The molecule has 0 spiro atoms. The zero-order valence-electron chi connectivity index (χ0n) is 44.7. The van der Waals surface area contributed by atoms with Gasteiger partial charge in [-0.05, 0) is 150 Å². The number of sulfonamides is 1. The van der Waals surface area contributed by atoms with Crippen LogP contribution in [-0.2, 0) is 38.5 Å². The number of aryl methyl sites for hydroxylation is 2. The van der Waals surface area contributed by atoms with E-state index in [4.69, 9.17) is 14.5 Å². The number of imide groups is 1. The molecule has 2 aromatic heterocycles. The second-order valence-electron chi connectivity index (χ2n) is 22.0. The number of benzene rings is 3. The first kappa shape index (κ1) is 53.7. The van der Waals surface area contributed by atoms with Gasteiger partial charge in [-0.2, -0.15) is 0 Å². The molecular formula is C58H73N9O9S. The van der Waals surface area contributed by atoms with Crippen LogP contribution in [0.1, 0.15) is 106 Å². The Kier molecular flexibility index (Phi) is 16.4. The molecule has 5 aromatic rings. The number of carbonyl (C=O) groups excluding carboxylic acids is 4. The zero-order chi connectivity index (χ0) is 53.8. The van der Waals surface area contributed by atoms with Crippen LogP contribution in [0.5, 0.6) is 17.2 Å². The molecule has 0 saturated carbocycles. The summed E-state index contributed by atoms with van der Waals surface area (Å²) in [7, 11) is -1.02. The number of carbonyl (C=O) groups is 4. The summed E-state index contributed by atoms with van der Waals surface area (Å²) in [4.78, 5) is 78.0. The fourth-order valence-electron chi connectivity index (χ4n) is 12.2. The van der Waals surface area contributed by atoms with Crippen LogP contribution in [0.15, 0.2) is 88.7 Å². The third kappa shape index (κ3) is 12.4. The van der Waals surface area contributed by atoms with Crippen molar-refractivity contribution < 1.29 is 37.1 Å². The van der Waals surface area contributed by atoms with Crippen LogP contribution in [0.3, 0.4) is 0 Å². The smallest absolute Gasteiger partial charge is 0.328 e. The Bertz CT molecular complexity index is 3130. The molecule has 77 heavy (non-hydrogen) atoms. The van der Waals surface area contributed by atoms with Crippen molar-refractivity contribution in [3.8, 4) is 17.2 Å². The van der Waals surface area contributed by atoms with E-state index in [1.54, 1.807) is 67.7 Å². The number of fused-ring (bicyclic) bond motifs is 1. The van der Waals surface area contributed by atoms with Gasteiger partial charge in [0.25, 0.3) is 15.9 Å². The number of anilines is 2. The minimum atomic E-state index is -4.27. The number of likely N-dealkylation sites (tertiary alicyclic amines) is 3. The minimum absolute atomic E-state index is 0.109. The quantitative estimate of drug-likeness (QED) is 0.0939. The first-order valence-electron chi connectivity index (χ1n) is 27.8. The highest BCUT2D eigenvalue weighted by Gasteiger charge is 2.35. The van der Waals surface area contributed by atoms with Crippen LogP contribution >= 0.6 is 0 Å². The van der Waals surface area contributed by atoms with E-state index in [-0.39, 0.29) is 63.1 Å². The lowest BCUT2D eigenvalue weighted by Crippen LogP contribution is -2.47. The molecule has 10 rings (SSSR count). The molecule has 18 nitrogen and oxygen atoms in total. The summed E-state index contributed by atoms with van der Waals surface area (Å²) >= 11 is 0. The summed E-state index contributed by atoms with van der Waals surface area (Å²) in [5, 5.41) is 2.44. The molecule has 1 unspecified atom stereocenters. The maximum atomic E-state index is 14.1. The van der Waals surface area contributed by atoms with E-state index in [1.165, 1.54) is 40.5 Å². The molecule has 0 aliphatic carbocycles. The fraction of sp³-hybridized carbons (Fsp3) is 0.517. The Balaban J connectivity index is 0.656. The summed E-state index contributed by atoms with van der Waals surface area (Å²) < 4.78 is 45.9. The Morgan fingerprint density at radius 3 is 2.08 bits per heavy atom. The van der Waals surface area contributed by atoms with E-state index in [9.17, 15) is 32.4 Å². The van der Waals surface area contributed by atoms with E-state index in [1.807, 2.05) is 30.0 Å². The lowest BCUT2D eigenvalue weighted by molar-refractivity contribution is -0.138. The van der Waals surface area contributed by atoms with Gasteiger partial charge in [-0.1, -0.05) is 25.1 Å². The van der Waals surface area contributed by atoms with Crippen LogP contribution in [0.25, 0.3) is 11.0 Å². The van der Waals surface area contributed by atoms with Crippen molar-refractivity contribution in [1.82, 2.24) is 34.1 Å². The lowest BCUT2D eigenvalue weighted by atomic mass is 9.82. The summed E-state index contributed by atoms with van der Waals surface area (Å²) in [5.41, 5.74) is 1.97. The van der Waals surface area contributed by atoms with Crippen molar-refractivity contribution in [2.45, 2.75) is 94.8 Å². The Hall–Kier alpha value is -6.73. The highest BCUT2D eigenvalue weighted by molar-refractivity contribution is 7.92. The fourth-order valence-corrected chi connectivity index (χ4v) is 13.3. The summed E-state index contributed by atoms with van der Waals surface area (Å²) in [6, 6.07) is 20.2. The molecule has 2 N–H and O–H groups in total. The van der Waals surface area contributed by atoms with Gasteiger partial charge in [0.05, 0.1) is 34.1 Å². The van der Waals surface area contributed by atoms with Crippen molar-refractivity contribution in [3.05, 3.63) is 101 Å². The van der Waals surface area contributed by atoms with Gasteiger partial charge in [-0.15, -0.1) is 0 Å². The average Bonchev–Trinajstić information content (AvgIpc) is 3.65. The maximum absolute atomic E-state index is 14.1. The van der Waals surface area contributed by atoms with Gasteiger partial charge in [0, 0.05) is 96.1 Å². The number of imidazole rings is 1. The highest BCUT2D eigenvalue weighted by Crippen LogP contribution is 2.37. The molecule has 3 aromatic carbocycles. The highest BCUT2D eigenvalue weighted by atomic mass is 32.2. The number of pyridine rings is 1. The third-order valence-corrected chi connectivity index (χ3v) is 18.2. The zero-order valence-corrected chi connectivity index (χ0v) is 45.5. The van der Waals surface area contributed by atoms with E-state index in [0.29, 0.717) is 79.7 Å². The van der Waals surface area contributed by atoms with E-state index in [2.05, 4.69) is 19.8 Å². The van der Waals surface area contributed by atoms with Crippen LogP contribution in [0.2, 0.25) is 0 Å². The second-order valence-corrected chi connectivity index (χ2v) is 23.7. The molecule has 410 valence electrons. The second kappa shape index (κ2) is 23.5. The molecule has 7 heterocycles. The molecule has 5 aliphatic heterocycles. The van der Waals surface area contributed by atoms with Crippen molar-refractivity contribution in [2.75, 3.05) is 75.1 Å². The van der Waals surface area contributed by atoms with E-state index >= 15 is 0 Å². The molecule has 19 heteroatoms. The van der Waals surface area contributed by atoms with Crippen molar-refractivity contribution in [3.63, 3.8) is 0 Å². The molecule has 5 saturated heterocycles. The summed E-state index contributed by atoms with van der Waals surface area (Å²) in [6.07, 6.45) is 12.7. The number of ether oxygens (including phenoxy) is 2. The molecule has 4 amide bonds.